The number of aliphatic imine (C=N–C) groups is 1. The summed E-state index contributed by atoms with van der Waals surface area (Å²) in [5, 5.41) is 23.1. The molecule has 5 atom stereocenters. The predicted molar refractivity (Wildman–Crippen MR) is 213 cm³/mol. The number of para-hydroxylation sites is 1. The van der Waals surface area contributed by atoms with Gasteiger partial charge in [0.2, 0.25) is 41.4 Å². The Morgan fingerprint density at radius 1 is 0.877 bits per heavy atom. The largest absolute Gasteiger partial charge is 0.481 e. The number of rotatable bonds is 10. The predicted octanol–water partition coefficient (Wildman–Crippen LogP) is -2.05. The van der Waals surface area contributed by atoms with Crippen LogP contribution in [0, 0.1) is 0 Å². The van der Waals surface area contributed by atoms with Gasteiger partial charge >= 0.3 is 5.97 Å². The molecule has 4 rings (SSSR count). The average Bonchev–Trinajstić information content (AvgIpc) is 3.82. The topological polar surface area (TPSA) is 326 Å². The first-order valence-electron chi connectivity index (χ1n) is 18.4. The van der Waals surface area contributed by atoms with Gasteiger partial charge in [-0.1, -0.05) is 39.8 Å². The number of H-pyrrole nitrogens is 1. The average molecular weight is 832 g/mol. The minimum absolute atomic E-state index is 0.0195. The molecule has 2 aliphatic rings. The third-order valence-corrected chi connectivity index (χ3v) is 11.7. The zero-order chi connectivity index (χ0) is 41.5. The number of carboxylic acid groups (broad SMARTS) is 1. The molecule has 0 radical (unpaired) electrons. The summed E-state index contributed by atoms with van der Waals surface area (Å²) in [6.45, 7) is -0.233. The molecule has 22 heteroatoms. The quantitative estimate of drug-likeness (QED) is 0.0534. The van der Waals surface area contributed by atoms with Crippen molar-refractivity contribution in [3.63, 3.8) is 0 Å². The Kier molecular flexibility index (Phi) is 16.8. The Morgan fingerprint density at radius 2 is 1.63 bits per heavy atom. The summed E-state index contributed by atoms with van der Waals surface area (Å²) in [7, 11) is 2.45. The van der Waals surface area contributed by atoms with Crippen LogP contribution in [0.1, 0.15) is 50.5 Å². The molecule has 310 valence electrons. The van der Waals surface area contributed by atoms with Gasteiger partial charge < -0.3 is 58.8 Å². The van der Waals surface area contributed by atoms with Gasteiger partial charge in [0.15, 0.2) is 5.96 Å². The molecule has 0 spiro atoms. The Labute approximate surface area is 335 Å². The number of amides is 7. The molecule has 3 heterocycles. The molecule has 0 unspecified atom stereocenters. The lowest BCUT2D eigenvalue weighted by Crippen LogP contribution is -2.59. The summed E-state index contributed by atoms with van der Waals surface area (Å²) < 4.78 is 0. The van der Waals surface area contributed by atoms with Crippen LogP contribution in [0.2, 0.25) is 0 Å². The van der Waals surface area contributed by atoms with Crippen molar-refractivity contribution in [1.29, 1.82) is 0 Å². The van der Waals surface area contributed by atoms with E-state index in [4.69, 9.17) is 17.2 Å². The van der Waals surface area contributed by atoms with E-state index in [1.54, 1.807) is 12.3 Å². The number of hydrogen-bond donors (Lipinski definition) is 10. The van der Waals surface area contributed by atoms with Crippen molar-refractivity contribution < 1.29 is 43.5 Å². The van der Waals surface area contributed by atoms with Crippen LogP contribution in [0.5, 0.6) is 0 Å². The molecular formula is C35H49N11O9S2. The van der Waals surface area contributed by atoms with Gasteiger partial charge in [-0.25, -0.2) is 0 Å². The van der Waals surface area contributed by atoms with Gasteiger partial charge in [-0.05, 0) is 43.7 Å². The van der Waals surface area contributed by atoms with Gasteiger partial charge in [0.05, 0.1) is 13.0 Å². The number of primary amides is 1. The molecular weight excluding hydrogens is 783 g/mol. The third-order valence-electron chi connectivity index (χ3n) is 9.24. The molecule has 0 aliphatic carbocycles. The lowest BCUT2D eigenvalue weighted by atomic mass is 10.0. The second-order valence-corrected chi connectivity index (χ2v) is 16.1. The van der Waals surface area contributed by atoms with Gasteiger partial charge in [0.1, 0.15) is 30.2 Å². The number of nitrogens with one attached hydrogen (secondary N) is 6. The van der Waals surface area contributed by atoms with E-state index in [1.165, 1.54) is 26.5 Å². The highest BCUT2D eigenvalue weighted by atomic mass is 33.1. The molecule has 2 aromatic rings. The maximum absolute atomic E-state index is 14.3. The Balaban J connectivity index is 1.61. The lowest BCUT2D eigenvalue weighted by molar-refractivity contribution is -0.143. The number of unbranched alkanes of at least 4 members (excludes halogenated alkanes) is 1. The van der Waals surface area contributed by atoms with Crippen molar-refractivity contribution in [3.8, 4) is 0 Å². The molecule has 1 aromatic carbocycles. The van der Waals surface area contributed by atoms with E-state index in [0.717, 1.165) is 10.9 Å². The van der Waals surface area contributed by atoms with Crippen LogP contribution in [0.3, 0.4) is 0 Å². The molecule has 13 N–H and O–H groups in total. The van der Waals surface area contributed by atoms with Crippen LogP contribution in [-0.2, 0) is 44.8 Å². The fraction of sp³-hybridized carbons (Fsp3) is 0.514. The number of hydrogen-bond acceptors (Lipinski definition) is 11. The summed E-state index contributed by atoms with van der Waals surface area (Å²) in [5.74, 6) is -6.35. The summed E-state index contributed by atoms with van der Waals surface area (Å²) in [4.78, 5) is 114. The van der Waals surface area contributed by atoms with Gasteiger partial charge in [0, 0.05) is 54.5 Å². The van der Waals surface area contributed by atoms with E-state index in [2.05, 4.69) is 36.6 Å². The van der Waals surface area contributed by atoms with Crippen molar-refractivity contribution in [3.05, 3.63) is 36.0 Å². The highest BCUT2D eigenvalue weighted by Crippen LogP contribution is 2.25. The van der Waals surface area contributed by atoms with Gasteiger partial charge in [-0.3, -0.25) is 43.3 Å². The number of aromatic nitrogens is 1. The number of benzene rings is 1. The van der Waals surface area contributed by atoms with Crippen LogP contribution in [0.4, 0.5) is 0 Å². The first kappa shape index (κ1) is 44.2. The molecule has 7 amide bonds. The Morgan fingerprint density at radius 3 is 2.37 bits per heavy atom. The van der Waals surface area contributed by atoms with Crippen LogP contribution in [-0.4, -0.2) is 130 Å². The minimum atomic E-state index is -1.68. The number of guanidine groups is 1. The second kappa shape index (κ2) is 21.7. The Bertz CT molecular complexity index is 1840. The fourth-order valence-electron chi connectivity index (χ4n) is 6.39. The molecule has 2 aliphatic heterocycles. The maximum atomic E-state index is 14.3. The van der Waals surface area contributed by atoms with Gasteiger partial charge in [0.25, 0.3) is 0 Å². The molecule has 2 saturated heterocycles. The van der Waals surface area contributed by atoms with E-state index in [9.17, 15) is 43.5 Å². The van der Waals surface area contributed by atoms with Crippen LogP contribution in [0.25, 0.3) is 10.9 Å². The Hall–Kier alpha value is -5.51. The highest BCUT2D eigenvalue weighted by Gasteiger charge is 2.40. The number of carbonyl (C=O) groups excluding carboxylic acids is 7. The zero-order valence-electron chi connectivity index (χ0n) is 31.1. The van der Waals surface area contributed by atoms with Crippen molar-refractivity contribution in [2.45, 2.75) is 81.6 Å². The third kappa shape index (κ3) is 13.6. The van der Waals surface area contributed by atoms with E-state index in [0.29, 0.717) is 24.8 Å². The van der Waals surface area contributed by atoms with Crippen LogP contribution in [0.15, 0.2) is 35.5 Å². The second-order valence-electron chi connectivity index (χ2n) is 13.5. The van der Waals surface area contributed by atoms with Gasteiger partial charge in [-0.15, -0.1) is 0 Å². The molecule has 1 aromatic heterocycles. The van der Waals surface area contributed by atoms with Crippen molar-refractivity contribution in [2.75, 3.05) is 31.1 Å². The van der Waals surface area contributed by atoms with Crippen LogP contribution >= 0.6 is 21.6 Å². The number of nitrogens with two attached hydrogens (primary N) is 3. The summed E-state index contributed by atoms with van der Waals surface area (Å²) in [6, 6.07) is 1.07. The highest BCUT2D eigenvalue weighted by molar-refractivity contribution is 8.76. The summed E-state index contributed by atoms with van der Waals surface area (Å²) >= 11 is 0. The van der Waals surface area contributed by atoms with Crippen LogP contribution < -0.4 is 43.8 Å². The first-order valence-corrected chi connectivity index (χ1v) is 20.9. The number of carboxylic acids is 1. The standard InChI is InChI=1S/C35H49N11O9S2/c36-30(51)25-18-57-56-13-10-27(47)42-22(8-3-4-11-39-35(37)38)31(52)41-17-28(48)43-23(15-29(49)50)32(53)44-24(14-19-16-40-21-7-2-1-6-20(19)21)34(55)46-12-5-9-26(46)33(54)45-25/h1-2,6-7,16,22-26,40H,3-5,8-15,17-18H2,(H2,36,51)(H,41,52)(H,42,47)(H,43,48)(H,44,53)(H,45,54)(H,49,50)(H4,37,38,39)/t22-,23-,24-,25+,26-/m1/s1. The van der Waals surface area contributed by atoms with Crippen molar-refractivity contribution >= 4 is 85.8 Å². The maximum Gasteiger partial charge on any atom is 0.305 e. The van der Waals surface area contributed by atoms with E-state index < -0.39 is 90.5 Å². The molecule has 57 heavy (non-hydrogen) atoms. The summed E-state index contributed by atoms with van der Waals surface area (Å²) in [6.07, 6.45) is 2.48. The molecule has 0 saturated carbocycles. The normalized spacial score (nSPS) is 23.6. The monoisotopic (exact) mass is 831 g/mol. The number of aliphatic carboxylic acids is 1. The number of carbonyl (C=O) groups is 8. The molecule has 20 nitrogen and oxygen atoms in total. The van der Waals surface area contributed by atoms with E-state index in [1.807, 2.05) is 18.2 Å². The molecule has 0 bridgehead atoms. The lowest BCUT2D eigenvalue weighted by Gasteiger charge is -2.30. The van der Waals surface area contributed by atoms with Gasteiger partial charge in [-0.2, -0.15) is 0 Å². The smallest absolute Gasteiger partial charge is 0.305 e. The molecule has 2 fully saturated rings. The SMILES string of the molecule is NC(=O)[C@@H]1CSSCCC(=O)N[C@H](CCCCN=C(N)N)C(=O)NCC(=O)N[C@H](CC(=O)O)C(=O)N[C@H](Cc2c[nH]c3ccccc23)C(=O)N2CCC[C@@H]2C(=O)N1. The fourth-order valence-corrected chi connectivity index (χ4v) is 8.56. The van der Waals surface area contributed by atoms with E-state index in [-0.39, 0.29) is 56.2 Å². The van der Waals surface area contributed by atoms with Crippen molar-refractivity contribution in [1.82, 2.24) is 36.5 Å². The first-order chi connectivity index (χ1) is 27.2. The zero-order valence-corrected chi connectivity index (χ0v) is 32.8. The summed E-state index contributed by atoms with van der Waals surface area (Å²) in [5.41, 5.74) is 17.8. The minimum Gasteiger partial charge on any atom is -0.481 e. The number of nitrogens with zero attached hydrogens (tertiary/aromatic N) is 2. The number of fused-ring (bicyclic) bond motifs is 2. The van der Waals surface area contributed by atoms with E-state index >= 15 is 0 Å². The van der Waals surface area contributed by atoms with Crippen molar-refractivity contribution in [2.24, 2.45) is 22.2 Å². The number of aromatic amines is 1.